The molecule has 18 heteroatoms. The number of nitrogens with zero attached hydrogens (tertiary/aromatic N) is 3. The minimum atomic E-state index is -0.680. The highest BCUT2D eigenvalue weighted by atomic mass is 19.1. The van der Waals surface area contributed by atoms with Gasteiger partial charge in [-0.25, -0.2) is 10.6 Å². The molecule has 9 N–H and O–H groups in total. The Bertz CT molecular complexity index is 1450. The Morgan fingerprint density at radius 3 is 1.94 bits per heavy atom. The van der Waals surface area contributed by atoms with Crippen LogP contribution in [0.5, 0.6) is 11.5 Å². The molecule has 0 heterocycles. The molecule has 2 aromatic rings. The number of benzene rings is 2. The molecule has 0 radical (unpaired) electrons. The first-order valence-corrected chi connectivity index (χ1v) is 16.8. The number of anilines is 2. The molecule has 0 fully saturated rings. The molecule has 0 aliphatic carbocycles. The van der Waals surface area contributed by atoms with Gasteiger partial charge in [-0.1, -0.05) is 6.42 Å². The first-order valence-electron chi connectivity index (χ1n) is 16.8. The van der Waals surface area contributed by atoms with Gasteiger partial charge in [-0.15, -0.1) is 0 Å². The highest BCUT2D eigenvalue weighted by molar-refractivity contribution is 5.71. The molecule has 2 rings (SSSR count). The van der Waals surface area contributed by atoms with Gasteiger partial charge in [0.1, 0.15) is 48.4 Å². The van der Waals surface area contributed by atoms with Crippen molar-refractivity contribution in [1.29, 1.82) is 0 Å². The van der Waals surface area contributed by atoms with E-state index in [1.807, 2.05) is 6.92 Å². The molecule has 0 spiro atoms. The average molecular weight is 720 g/mol. The van der Waals surface area contributed by atoms with E-state index in [4.69, 9.17) is 26.8 Å². The molecule has 0 saturated heterocycles. The number of nitrogens with two attached hydrogens (primary N) is 3. The van der Waals surface area contributed by atoms with Crippen molar-refractivity contribution < 1.29 is 33.3 Å². The van der Waals surface area contributed by atoms with Crippen molar-refractivity contribution in [3.05, 3.63) is 68.5 Å². The normalized spacial score (nSPS) is 12.3. The van der Waals surface area contributed by atoms with Crippen molar-refractivity contribution in [3.8, 4) is 11.5 Å². The summed E-state index contributed by atoms with van der Waals surface area (Å²) in [7, 11) is 0. The van der Waals surface area contributed by atoms with Crippen LogP contribution >= 0.6 is 0 Å². The summed E-state index contributed by atoms with van der Waals surface area (Å²) in [5.74, 6) is 6.96. The minimum Gasteiger partial charge on any atom is -0.491 e. The molecular formula is C33H50FN9O8. The fraction of sp³-hybridized carbons (Fsp3) is 0.515. The number of hydrazine groups is 1. The lowest BCUT2D eigenvalue weighted by Gasteiger charge is -2.27. The number of aldehydes is 1. The molecule has 282 valence electrons. The summed E-state index contributed by atoms with van der Waals surface area (Å²) in [5, 5.41) is 33.4. The zero-order chi connectivity index (χ0) is 37.6. The summed E-state index contributed by atoms with van der Waals surface area (Å²) in [6.45, 7) is 2.04. The lowest BCUT2D eigenvalue weighted by atomic mass is 10.1. The number of unbranched alkanes of at least 4 members (excludes halogenated alkanes) is 4. The topological polar surface area (TPSA) is 256 Å². The number of rotatable bonds is 27. The number of nitro benzene ring substituents is 2. The van der Waals surface area contributed by atoms with Gasteiger partial charge >= 0.3 is 6.03 Å². The predicted molar refractivity (Wildman–Crippen MR) is 192 cm³/mol. The van der Waals surface area contributed by atoms with Gasteiger partial charge in [0.05, 0.1) is 16.5 Å². The number of nitro groups is 2. The fourth-order valence-electron chi connectivity index (χ4n) is 4.92. The second-order valence-electron chi connectivity index (χ2n) is 11.9. The van der Waals surface area contributed by atoms with Crippen LogP contribution < -0.4 is 42.7 Å². The summed E-state index contributed by atoms with van der Waals surface area (Å²) >= 11 is 0. The van der Waals surface area contributed by atoms with Crippen molar-refractivity contribution in [1.82, 2.24) is 10.3 Å². The smallest absolute Gasteiger partial charge is 0.312 e. The number of allylic oxidation sites excluding steroid dienone is 1. The summed E-state index contributed by atoms with van der Waals surface area (Å²) in [4.78, 5) is 43.9. The van der Waals surface area contributed by atoms with E-state index in [9.17, 15) is 34.2 Å². The number of halogens is 1. The Morgan fingerprint density at radius 2 is 1.45 bits per heavy atom. The standard InChI is InChI=1S/C33H50FN9O8/c1-24(40-33(36)45)9-4-6-17-39-30-20-28(12-14-32(30)43(48)49)51-23-26(41(37)21-25(35)10-8-15-34)22-50-27-11-13-31(42(46)47)29(19-27)38-16-5-2-3-7-18-44/h11-14,18-21,24,26,38-39H,2-10,15-17,22-23,35,37H2,1H3,(H3,36,40,45)/b25-21-. The van der Waals surface area contributed by atoms with Gasteiger partial charge in [0, 0.05) is 61.7 Å². The van der Waals surface area contributed by atoms with Crippen LogP contribution in [0.25, 0.3) is 0 Å². The average Bonchev–Trinajstić information content (AvgIpc) is 3.08. The van der Waals surface area contributed by atoms with E-state index in [1.54, 1.807) is 0 Å². The Balaban J connectivity index is 2.16. The van der Waals surface area contributed by atoms with E-state index in [0.717, 1.165) is 25.5 Å². The molecule has 2 unspecified atom stereocenters. The number of carbonyl (C=O) groups excluding carboxylic acids is 2. The Kier molecular flexibility index (Phi) is 18.9. The van der Waals surface area contributed by atoms with Crippen molar-refractivity contribution in [2.45, 2.75) is 76.8 Å². The first-order chi connectivity index (χ1) is 24.4. The summed E-state index contributed by atoms with van der Waals surface area (Å²) < 4.78 is 24.7. The summed E-state index contributed by atoms with van der Waals surface area (Å²) in [6.07, 6.45) is 7.58. The molecule has 0 bridgehead atoms. The predicted octanol–water partition coefficient (Wildman–Crippen LogP) is 4.87. The van der Waals surface area contributed by atoms with Gasteiger partial charge < -0.3 is 46.7 Å². The highest BCUT2D eigenvalue weighted by Crippen LogP contribution is 2.31. The number of amides is 2. The van der Waals surface area contributed by atoms with E-state index in [1.165, 1.54) is 47.6 Å². The van der Waals surface area contributed by atoms with Gasteiger partial charge in [0.2, 0.25) is 0 Å². The van der Waals surface area contributed by atoms with Gasteiger partial charge in [-0.05, 0) is 64.0 Å². The molecule has 2 aromatic carbocycles. The van der Waals surface area contributed by atoms with E-state index >= 15 is 0 Å². The molecule has 0 aromatic heterocycles. The number of hydrogen-bond donors (Lipinski definition) is 6. The molecular weight excluding hydrogens is 669 g/mol. The van der Waals surface area contributed by atoms with Crippen molar-refractivity contribution >= 4 is 35.1 Å². The van der Waals surface area contributed by atoms with E-state index < -0.39 is 28.6 Å². The highest BCUT2D eigenvalue weighted by Gasteiger charge is 2.20. The number of carbonyl (C=O) groups is 2. The fourth-order valence-corrected chi connectivity index (χ4v) is 4.92. The van der Waals surface area contributed by atoms with E-state index in [0.29, 0.717) is 56.0 Å². The zero-order valence-corrected chi connectivity index (χ0v) is 28.9. The van der Waals surface area contributed by atoms with Crippen LogP contribution in [0.15, 0.2) is 48.3 Å². The summed E-state index contributed by atoms with van der Waals surface area (Å²) in [6, 6.07) is 7.21. The second kappa shape index (κ2) is 23.1. The first kappa shape index (κ1) is 41.8. The molecule has 2 atom stereocenters. The minimum absolute atomic E-state index is 0.0620. The van der Waals surface area contributed by atoms with E-state index in [2.05, 4.69) is 16.0 Å². The molecule has 17 nitrogen and oxygen atoms in total. The van der Waals surface area contributed by atoms with Gasteiger partial charge in [-0.2, -0.15) is 0 Å². The van der Waals surface area contributed by atoms with Crippen LogP contribution in [0.2, 0.25) is 0 Å². The number of ether oxygens (including phenoxy) is 2. The Labute approximate surface area is 296 Å². The van der Waals surface area contributed by atoms with Crippen molar-refractivity contribution in [3.63, 3.8) is 0 Å². The molecule has 0 aliphatic heterocycles. The van der Waals surface area contributed by atoms with Gasteiger partial charge in [0.25, 0.3) is 11.4 Å². The lowest BCUT2D eigenvalue weighted by molar-refractivity contribution is -0.384. The van der Waals surface area contributed by atoms with Crippen LogP contribution in [0.1, 0.15) is 64.7 Å². The third-order valence-electron chi connectivity index (χ3n) is 7.63. The Morgan fingerprint density at radius 1 is 0.902 bits per heavy atom. The van der Waals surface area contributed by atoms with Crippen LogP contribution in [0.4, 0.5) is 31.9 Å². The van der Waals surface area contributed by atoms with Crippen LogP contribution in [0.3, 0.4) is 0 Å². The third-order valence-corrected chi connectivity index (χ3v) is 7.63. The molecule has 0 saturated carbocycles. The number of nitrogens with one attached hydrogen (secondary N) is 3. The molecule has 51 heavy (non-hydrogen) atoms. The van der Waals surface area contributed by atoms with Gasteiger partial charge in [-0.3, -0.25) is 24.6 Å². The molecule has 2 amide bonds. The Hall–Kier alpha value is -5.39. The zero-order valence-electron chi connectivity index (χ0n) is 28.9. The number of urea groups is 1. The third kappa shape index (κ3) is 16.2. The monoisotopic (exact) mass is 719 g/mol. The van der Waals surface area contributed by atoms with E-state index in [-0.39, 0.29) is 54.8 Å². The van der Waals surface area contributed by atoms with Gasteiger partial charge in [0.15, 0.2) is 0 Å². The van der Waals surface area contributed by atoms with Crippen LogP contribution in [-0.4, -0.2) is 72.2 Å². The second-order valence-corrected chi connectivity index (χ2v) is 11.9. The lowest BCUT2D eigenvalue weighted by Crippen LogP contribution is -2.45. The van der Waals surface area contributed by atoms with Crippen molar-refractivity contribution in [2.24, 2.45) is 17.3 Å². The van der Waals surface area contributed by atoms with Crippen LogP contribution in [-0.2, 0) is 4.79 Å². The SMILES string of the molecule is CC(CCCCNc1cc(OCC(COc2ccc([N+](=O)[O-])c(NCCCCCC=O)c2)N(N)/C=C(\N)CCCF)ccc1[N+](=O)[O-])NC(N)=O. The number of hydrogen-bond acceptors (Lipinski definition) is 13. The largest absolute Gasteiger partial charge is 0.491 e. The summed E-state index contributed by atoms with van der Waals surface area (Å²) in [5.41, 5.74) is 11.8. The molecule has 0 aliphatic rings. The maximum Gasteiger partial charge on any atom is 0.312 e. The maximum atomic E-state index is 12.7. The van der Waals surface area contributed by atoms with Crippen molar-refractivity contribution in [2.75, 3.05) is 43.6 Å². The van der Waals surface area contributed by atoms with Crippen LogP contribution in [0, 0.1) is 20.2 Å². The number of primary amides is 1. The number of alkyl halides is 1. The maximum absolute atomic E-state index is 12.7. The quantitative estimate of drug-likeness (QED) is 0.0237.